The maximum absolute atomic E-state index is 12.5. The molecule has 1 aromatic carbocycles. The molecule has 1 fully saturated rings. The lowest BCUT2D eigenvalue weighted by Crippen LogP contribution is -2.35. The van der Waals surface area contributed by atoms with E-state index in [2.05, 4.69) is 4.79 Å². The van der Waals surface area contributed by atoms with E-state index in [0.717, 1.165) is 6.42 Å². The molecule has 0 aromatic heterocycles. The summed E-state index contributed by atoms with van der Waals surface area (Å²) in [6.07, 6.45) is 3.04. The fourth-order valence-electron chi connectivity index (χ4n) is 2.54. The molecule has 0 heterocycles. The van der Waals surface area contributed by atoms with Crippen molar-refractivity contribution in [2.45, 2.75) is 42.2 Å². The summed E-state index contributed by atoms with van der Waals surface area (Å²) < 4.78 is 48.9. The highest BCUT2D eigenvalue weighted by atomic mass is 35.5. The second kappa shape index (κ2) is 6.50. The summed E-state index contributed by atoms with van der Waals surface area (Å²) >= 11 is 5.84. The van der Waals surface area contributed by atoms with Crippen LogP contribution in [0.5, 0.6) is 0 Å². The topological polar surface area (TPSA) is 105 Å². The molecule has 0 bridgehead atoms. The quantitative estimate of drug-likeness (QED) is 0.348. The van der Waals surface area contributed by atoms with Gasteiger partial charge in [-0.15, -0.1) is 4.79 Å². The van der Waals surface area contributed by atoms with E-state index in [1.807, 2.05) is 0 Å². The van der Waals surface area contributed by atoms with E-state index in [-0.39, 0.29) is 9.92 Å². The van der Waals surface area contributed by atoms with Crippen LogP contribution in [0.25, 0.3) is 5.53 Å². The summed E-state index contributed by atoms with van der Waals surface area (Å²) in [7, 11) is -8.75. The van der Waals surface area contributed by atoms with Crippen molar-refractivity contribution < 1.29 is 21.6 Å². The first kappa shape index (κ1) is 17.1. The van der Waals surface area contributed by atoms with Gasteiger partial charge in [-0.3, -0.25) is 0 Å². The van der Waals surface area contributed by atoms with Crippen molar-refractivity contribution in [1.82, 2.24) is 0 Å². The first-order chi connectivity index (χ1) is 10.3. The van der Waals surface area contributed by atoms with Gasteiger partial charge in [0.25, 0.3) is 19.7 Å². The lowest BCUT2D eigenvalue weighted by molar-refractivity contribution is 0.00370. The first-order valence-corrected chi connectivity index (χ1v) is 10.2. The van der Waals surface area contributed by atoms with E-state index in [9.17, 15) is 16.8 Å². The molecule has 0 atom stereocenters. The van der Waals surface area contributed by atoms with E-state index >= 15 is 0 Å². The van der Waals surface area contributed by atoms with Crippen molar-refractivity contribution in [2.75, 3.05) is 0 Å². The van der Waals surface area contributed by atoms with Crippen LogP contribution in [0, 0.1) is 0 Å². The van der Waals surface area contributed by atoms with Crippen LogP contribution in [0.3, 0.4) is 0 Å². The number of nitrogens with zero attached hydrogens (tertiary/aromatic N) is 2. The number of hydrogen-bond acceptors (Lipinski definition) is 4. The number of hydrogen-bond donors (Lipinski definition) is 0. The lowest BCUT2D eigenvalue weighted by Gasteiger charge is -2.19. The van der Waals surface area contributed by atoms with Crippen LogP contribution in [-0.4, -0.2) is 31.3 Å². The Bertz CT molecular complexity index is 821. The van der Waals surface area contributed by atoms with Crippen molar-refractivity contribution in [3.8, 4) is 0 Å². The van der Waals surface area contributed by atoms with Gasteiger partial charge >= 0.3 is 4.38 Å². The Kier molecular flexibility index (Phi) is 5.07. The normalized spacial score (nSPS) is 17.0. The monoisotopic (exact) mass is 362 g/mol. The summed E-state index contributed by atoms with van der Waals surface area (Å²) in [5, 5.41) is -0.966. The molecule has 1 aliphatic rings. The zero-order chi connectivity index (χ0) is 16.4. The zero-order valence-corrected chi connectivity index (χ0v) is 14.0. The Hall–Kier alpha value is -1.21. The zero-order valence-electron chi connectivity index (χ0n) is 11.6. The predicted octanol–water partition coefficient (Wildman–Crippen LogP) is 2.45. The molecular weight excluding hydrogens is 348 g/mol. The van der Waals surface area contributed by atoms with E-state index in [4.69, 9.17) is 17.1 Å². The highest BCUT2D eigenvalue weighted by Crippen LogP contribution is 2.29. The molecule has 0 spiro atoms. The molecule has 0 N–H and O–H groups in total. The summed E-state index contributed by atoms with van der Waals surface area (Å²) in [6, 6.07) is 5.45. The molecule has 120 valence electrons. The van der Waals surface area contributed by atoms with Gasteiger partial charge in [0.2, 0.25) is 0 Å². The third kappa shape index (κ3) is 3.10. The fourth-order valence-corrected chi connectivity index (χ4v) is 7.11. The minimum absolute atomic E-state index is 0.123. The molecule has 0 saturated heterocycles. The van der Waals surface area contributed by atoms with E-state index < -0.39 is 29.3 Å². The molecule has 6 nitrogen and oxygen atoms in total. The maximum atomic E-state index is 12.5. The molecule has 0 radical (unpaired) electrons. The van der Waals surface area contributed by atoms with Gasteiger partial charge in [0, 0.05) is 0 Å². The van der Waals surface area contributed by atoms with Crippen LogP contribution in [0.2, 0.25) is 5.02 Å². The van der Waals surface area contributed by atoms with E-state index in [0.29, 0.717) is 25.7 Å². The number of halogens is 1. The molecule has 1 aliphatic carbocycles. The van der Waals surface area contributed by atoms with Crippen molar-refractivity contribution in [3.63, 3.8) is 0 Å². The summed E-state index contributed by atoms with van der Waals surface area (Å²) in [5.41, 5.74) is 9.07. The van der Waals surface area contributed by atoms with Crippen LogP contribution in [0.4, 0.5) is 0 Å². The van der Waals surface area contributed by atoms with Crippen LogP contribution in [0.15, 0.2) is 29.2 Å². The lowest BCUT2D eigenvalue weighted by atomic mass is 10.0. The van der Waals surface area contributed by atoms with Gasteiger partial charge in [-0.25, -0.2) is 16.8 Å². The van der Waals surface area contributed by atoms with Gasteiger partial charge in [-0.05, 0) is 25.0 Å². The van der Waals surface area contributed by atoms with Gasteiger partial charge in [-0.1, -0.05) is 43.0 Å². The maximum Gasteiger partial charge on any atom is 0.499 e. The van der Waals surface area contributed by atoms with Crippen molar-refractivity contribution in [2.24, 2.45) is 0 Å². The molecule has 2 rings (SSSR count). The third-order valence-electron chi connectivity index (χ3n) is 3.67. The standard InChI is InChI=1S/C13H15ClN2O4S2/c14-11-8-4-5-9-12(11)22(19,20)13(16-15)21(17,18)10-6-2-1-3-7-10/h4-5,8-10H,1-3,6-7H2. The van der Waals surface area contributed by atoms with Gasteiger partial charge in [-0.2, -0.15) is 0 Å². The smallest absolute Gasteiger partial charge is 0.359 e. The van der Waals surface area contributed by atoms with Crippen LogP contribution >= 0.6 is 11.6 Å². The highest BCUT2D eigenvalue weighted by Gasteiger charge is 2.47. The Morgan fingerprint density at radius 3 is 2.23 bits per heavy atom. The predicted molar refractivity (Wildman–Crippen MR) is 83.1 cm³/mol. The third-order valence-corrected chi connectivity index (χ3v) is 8.86. The molecular formula is C13H15ClN2O4S2. The molecule has 9 heteroatoms. The highest BCUT2D eigenvalue weighted by molar-refractivity contribution is 8.31. The van der Waals surface area contributed by atoms with Gasteiger partial charge in [0.1, 0.15) is 0 Å². The molecule has 0 amide bonds. The summed E-state index contributed by atoms with van der Waals surface area (Å²) in [5.74, 6) is 0. The molecule has 1 aromatic rings. The van der Waals surface area contributed by atoms with Crippen LogP contribution in [-0.2, 0) is 19.7 Å². The van der Waals surface area contributed by atoms with Crippen molar-refractivity contribution in [1.29, 1.82) is 0 Å². The average Bonchev–Trinajstić information content (AvgIpc) is 2.48. The SMILES string of the molecule is [N-]=[N+]=C(S(=O)(=O)c1ccccc1Cl)S(=O)(=O)C1CCCCC1. The largest absolute Gasteiger partial charge is 0.499 e. The number of sulfone groups is 2. The Morgan fingerprint density at radius 1 is 1.09 bits per heavy atom. The van der Waals surface area contributed by atoms with Crippen LogP contribution < -0.4 is 0 Å². The number of rotatable bonds is 2. The van der Waals surface area contributed by atoms with Gasteiger partial charge in [0.05, 0.1) is 15.2 Å². The minimum atomic E-state index is -4.51. The van der Waals surface area contributed by atoms with Gasteiger partial charge in [0.15, 0.2) is 0 Å². The first-order valence-electron chi connectivity index (χ1n) is 6.77. The van der Waals surface area contributed by atoms with Crippen molar-refractivity contribution >= 4 is 35.7 Å². The average molecular weight is 363 g/mol. The van der Waals surface area contributed by atoms with E-state index in [1.165, 1.54) is 24.3 Å². The van der Waals surface area contributed by atoms with Crippen molar-refractivity contribution in [3.05, 3.63) is 34.8 Å². The Labute approximate surface area is 134 Å². The van der Waals surface area contributed by atoms with E-state index in [1.54, 1.807) is 0 Å². The Morgan fingerprint density at radius 2 is 1.68 bits per heavy atom. The molecule has 1 saturated carbocycles. The summed E-state index contributed by atoms with van der Waals surface area (Å²) in [6.45, 7) is 0. The molecule has 0 unspecified atom stereocenters. The number of benzene rings is 1. The fraction of sp³-hybridized carbons (Fsp3) is 0.462. The van der Waals surface area contributed by atoms with Gasteiger partial charge < -0.3 is 5.53 Å². The van der Waals surface area contributed by atoms with Crippen LogP contribution in [0.1, 0.15) is 32.1 Å². The summed E-state index contributed by atoms with van der Waals surface area (Å²) in [4.78, 5) is 2.22. The second-order valence-electron chi connectivity index (χ2n) is 5.10. The molecule has 22 heavy (non-hydrogen) atoms. The second-order valence-corrected chi connectivity index (χ2v) is 9.75. The molecule has 0 aliphatic heterocycles. The minimum Gasteiger partial charge on any atom is -0.359 e. The Balaban J connectivity index is 2.53.